The number of alkyl halides is 3. The zero-order valence-electron chi connectivity index (χ0n) is 12.2. The van der Waals surface area contributed by atoms with Gasteiger partial charge < -0.3 is 4.90 Å². The minimum absolute atomic E-state index is 0.150. The van der Waals surface area contributed by atoms with Gasteiger partial charge >= 0.3 is 6.18 Å². The minimum Gasteiger partial charge on any atom is -0.312 e. The quantitative estimate of drug-likeness (QED) is 0.765. The summed E-state index contributed by atoms with van der Waals surface area (Å²) in [7, 11) is 0. The highest BCUT2D eigenvalue weighted by Crippen LogP contribution is 2.36. The average Bonchev–Trinajstić information content (AvgIpc) is 2.92. The van der Waals surface area contributed by atoms with Crippen molar-refractivity contribution in [2.24, 2.45) is 5.92 Å². The summed E-state index contributed by atoms with van der Waals surface area (Å²) in [6.07, 6.45) is 2.27. The van der Waals surface area contributed by atoms with Crippen molar-refractivity contribution < 1.29 is 18.0 Å². The lowest BCUT2D eigenvalue weighted by Gasteiger charge is -2.37. The molecule has 22 heavy (non-hydrogen) atoms. The molecular weight excluding hydrogens is 311 g/mol. The highest BCUT2D eigenvalue weighted by atomic mass is 32.1. The van der Waals surface area contributed by atoms with E-state index in [9.17, 15) is 18.0 Å². The monoisotopic (exact) mass is 329 g/mol. The van der Waals surface area contributed by atoms with Gasteiger partial charge in [-0.25, -0.2) is 0 Å². The number of thiophene rings is 1. The molecule has 0 radical (unpaired) electrons. The Hall–Kier alpha value is -1.30. The van der Waals surface area contributed by atoms with Gasteiger partial charge in [-0.05, 0) is 44.1 Å². The van der Waals surface area contributed by atoms with Crippen molar-refractivity contribution in [1.82, 2.24) is 4.90 Å². The van der Waals surface area contributed by atoms with E-state index in [4.69, 9.17) is 0 Å². The molecule has 0 saturated carbocycles. The Morgan fingerprint density at radius 1 is 1.32 bits per heavy atom. The molecule has 2 heterocycles. The second-order valence-electron chi connectivity index (χ2n) is 5.95. The van der Waals surface area contributed by atoms with Crippen LogP contribution in [0, 0.1) is 5.92 Å². The van der Waals surface area contributed by atoms with Gasteiger partial charge in [0.25, 0.3) is 5.91 Å². The van der Waals surface area contributed by atoms with E-state index in [2.05, 4.69) is 6.08 Å². The van der Waals surface area contributed by atoms with Crippen LogP contribution in [0.5, 0.6) is 0 Å². The molecule has 120 valence electrons. The fourth-order valence-electron chi connectivity index (χ4n) is 3.33. The average molecular weight is 329 g/mol. The number of nitrogens with zero attached hydrogens (tertiary/aromatic N) is 1. The van der Waals surface area contributed by atoms with Gasteiger partial charge in [-0.2, -0.15) is 13.2 Å². The zero-order chi connectivity index (χ0) is 15.7. The van der Waals surface area contributed by atoms with Crippen LogP contribution in [0.1, 0.15) is 47.3 Å². The Kier molecular flexibility index (Phi) is 4.30. The van der Waals surface area contributed by atoms with Crippen LogP contribution in [0.25, 0.3) is 0 Å². The number of hydrogen-bond donors (Lipinski definition) is 0. The third-order valence-corrected chi connectivity index (χ3v) is 5.23. The van der Waals surface area contributed by atoms with E-state index in [0.717, 1.165) is 49.1 Å². The van der Waals surface area contributed by atoms with Crippen molar-refractivity contribution in [3.8, 4) is 0 Å². The van der Waals surface area contributed by atoms with Crippen LogP contribution in [0.3, 0.4) is 0 Å². The van der Waals surface area contributed by atoms with Gasteiger partial charge in [0.2, 0.25) is 0 Å². The molecule has 1 amide bonds. The van der Waals surface area contributed by atoms with Gasteiger partial charge in [0, 0.05) is 22.5 Å². The van der Waals surface area contributed by atoms with E-state index in [1.807, 2.05) is 0 Å². The fourth-order valence-corrected chi connectivity index (χ4v) is 4.22. The third-order valence-electron chi connectivity index (χ3n) is 4.29. The molecule has 0 N–H and O–H groups in total. The maximum absolute atomic E-state index is 12.6. The van der Waals surface area contributed by atoms with Gasteiger partial charge in [0.05, 0.1) is 12.0 Å². The largest absolute Gasteiger partial charge is 0.393 e. The highest BCUT2D eigenvalue weighted by molar-refractivity contribution is 7.10. The van der Waals surface area contributed by atoms with Crippen LogP contribution in [-0.4, -0.2) is 23.5 Å². The van der Waals surface area contributed by atoms with Crippen molar-refractivity contribution in [3.05, 3.63) is 33.7 Å². The van der Waals surface area contributed by atoms with Crippen molar-refractivity contribution in [3.63, 3.8) is 0 Å². The van der Waals surface area contributed by atoms with Crippen LogP contribution in [0.4, 0.5) is 13.2 Å². The van der Waals surface area contributed by atoms with Crippen LogP contribution >= 0.6 is 11.3 Å². The second kappa shape index (κ2) is 6.07. The van der Waals surface area contributed by atoms with Crippen molar-refractivity contribution in [1.29, 1.82) is 0 Å². The second-order valence-corrected chi connectivity index (χ2v) is 6.95. The molecule has 1 saturated heterocycles. The van der Waals surface area contributed by atoms with E-state index in [0.29, 0.717) is 18.0 Å². The van der Waals surface area contributed by atoms with Gasteiger partial charge in [0.15, 0.2) is 0 Å². The van der Waals surface area contributed by atoms with Crippen molar-refractivity contribution in [2.75, 3.05) is 6.54 Å². The molecule has 1 fully saturated rings. The first-order valence-corrected chi connectivity index (χ1v) is 8.48. The molecule has 0 spiro atoms. The number of carbonyl (C=O) groups excluding carboxylic acids is 1. The van der Waals surface area contributed by atoms with E-state index >= 15 is 0 Å². The summed E-state index contributed by atoms with van der Waals surface area (Å²) < 4.78 is 37.3. The third kappa shape index (κ3) is 3.37. The first kappa shape index (κ1) is 15.6. The van der Waals surface area contributed by atoms with Gasteiger partial charge in [-0.15, -0.1) is 11.3 Å². The predicted molar refractivity (Wildman–Crippen MR) is 79.8 cm³/mol. The summed E-state index contributed by atoms with van der Waals surface area (Å²) >= 11 is 1.01. The molecule has 1 aliphatic heterocycles. The number of allylic oxidation sites excluding steroid dienone is 2. The summed E-state index contributed by atoms with van der Waals surface area (Å²) in [5.74, 6) is 0.294. The van der Waals surface area contributed by atoms with E-state index in [1.54, 1.807) is 10.3 Å². The van der Waals surface area contributed by atoms with Crippen LogP contribution in [0.2, 0.25) is 0 Å². The number of piperidine rings is 1. The molecule has 0 aromatic carbocycles. The van der Waals surface area contributed by atoms with E-state index < -0.39 is 12.6 Å². The number of fused-ring (bicyclic) bond motifs is 1. The zero-order valence-corrected chi connectivity index (χ0v) is 13.0. The first-order chi connectivity index (χ1) is 10.4. The molecule has 1 atom stereocenters. The molecule has 2 aliphatic rings. The van der Waals surface area contributed by atoms with Crippen molar-refractivity contribution >= 4 is 17.2 Å². The molecule has 1 aliphatic carbocycles. The van der Waals surface area contributed by atoms with Crippen LogP contribution in [-0.2, 0) is 6.42 Å². The first-order valence-electron chi connectivity index (χ1n) is 7.60. The Morgan fingerprint density at radius 2 is 2.09 bits per heavy atom. The fraction of sp³-hybridized carbons (Fsp3) is 0.562. The van der Waals surface area contributed by atoms with E-state index in [1.165, 1.54) is 6.07 Å². The number of carbonyl (C=O) groups is 1. The van der Waals surface area contributed by atoms with Crippen LogP contribution in [0.15, 0.2) is 23.2 Å². The van der Waals surface area contributed by atoms with Crippen LogP contribution < -0.4 is 0 Å². The number of likely N-dealkylation sites (tertiary alicyclic amines) is 1. The lowest BCUT2D eigenvalue weighted by Crippen LogP contribution is -2.38. The highest BCUT2D eigenvalue weighted by Gasteiger charge is 2.32. The molecule has 1 unspecified atom stereocenters. The Morgan fingerprint density at radius 3 is 2.86 bits per heavy atom. The van der Waals surface area contributed by atoms with Crippen molar-refractivity contribution in [2.45, 2.75) is 44.7 Å². The molecular formula is C16H18F3NOS. The standard InChI is InChI=1S/C16H18F3NOS/c17-16(18,19)9-13-8-12(10-22-13)15(21)20-7-3-5-11-4-1-2-6-14(11)20/h6,8,10-11H,1-5,7,9H2. The summed E-state index contributed by atoms with van der Waals surface area (Å²) in [5, 5.41) is 1.55. The normalized spacial score (nSPS) is 22.2. The summed E-state index contributed by atoms with van der Waals surface area (Å²) in [6.45, 7) is 0.672. The maximum atomic E-state index is 12.6. The molecule has 1 aromatic heterocycles. The SMILES string of the molecule is O=C(c1csc(CC(F)(F)F)c1)N1CCCC2CCCC=C21. The number of hydrogen-bond acceptors (Lipinski definition) is 2. The Labute approximate surface area is 131 Å². The lowest BCUT2D eigenvalue weighted by molar-refractivity contribution is -0.126. The lowest BCUT2D eigenvalue weighted by atomic mass is 9.84. The van der Waals surface area contributed by atoms with E-state index in [-0.39, 0.29) is 10.8 Å². The van der Waals surface area contributed by atoms with Gasteiger partial charge in [-0.1, -0.05) is 6.08 Å². The topological polar surface area (TPSA) is 20.3 Å². The maximum Gasteiger partial charge on any atom is 0.393 e. The Balaban J connectivity index is 1.77. The number of amides is 1. The summed E-state index contributed by atoms with van der Waals surface area (Å²) in [5.41, 5.74) is 1.47. The number of rotatable bonds is 2. The smallest absolute Gasteiger partial charge is 0.312 e. The molecule has 3 rings (SSSR count). The summed E-state index contributed by atoms with van der Waals surface area (Å²) in [4.78, 5) is 14.6. The minimum atomic E-state index is -4.23. The molecule has 6 heteroatoms. The Bertz CT molecular complexity index is 590. The number of halogens is 3. The van der Waals surface area contributed by atoms with Gasteiger partial charge in [0.1, 0.15) is 0 Å². The molecule has 0 bridgehead atoms. The van der Waals surface area contributed by atoms with Gasteiger partial charge in [-0.3, -0.25) is 4.79 Å². The summed E-state index contributed by atoms with van der Waals surface area (Å²) in [6, 6.07) is 1.40. The molecule has 1 aromatic rings. The predicted octanol–water partition coefficient (Wildman–Crippen LogP) is 4.77. The molecule has 2 nitrogen and oxygen atoms in total.